The molecule has 0 radical (unpaired) electrons. The summed E-state index contributed by atoms with van der Waals surface area (Å²) in [6.07, 6.45) is 1.72. The fourth-order valence-corrected chi connectivity index (χ4v) is 2.96. The summed E-state index contributed by atoms with van der Waals surface area (Å²) in [6.45, 7) is 13.7. The number of ether oxygens (including phenoxy) is 1. The van der Waals surface area contributed by atoms with Gasteiger partial charge in [0.15, 0.2) is 0 Å². The lowest BCUT2D eigenvalue weighted by Crippen LogP contribution is -2.26. The van der Waals surface area contributed by atoms with Gasteiger partial charge in [0, 0.05) is 20.1 Å². The normalized spacial score (nSPS) is 11.8. The van der Waals surface area contributed by atoms with Crippen LogP contribution in [0, 0.1) is 0 Å². The molecule has 0 saturated carbocycles. The SMILES string of the molecule is C=C(C)c1cccc2c(=O)n(COCC[Si](C)(C)C)ncc12. The highest BCUT2D eigenvalue weighted by molar-refractivity contribution is 6.76. The molecule has 0 bridgehead atoms. The van der Waals surface area contributed by atoms with Gasteiger partial charge in [0.25, 0.3) is 5.56 Å². The second-order valence-electron chi connectivity index (χ2n) is 6.84. The molecule has 0 saturated heterocycles. The molecule has 0 fully saturated rings. The van der Waals surface area contributed by atoms with Gasteiger partial charge in [-0.05, 0) is 24.6 Å². The highest BCUT2D eigenvalue weighted by atomic mass is 28.3. The standard InChI is InChI=1S/C17H24N2O2Si/c1-13(2)14-7-6-8-15-16(14)11-18-19(17(15)20)12-21-9-10-22(3,4)5/h6-8,11H,1,9-10,12H2,2-5H3. The first-order valence-corrected chi connectivity index (χ1v) is 11.2. The van der Waals surface area contributed by atoms with Gasteiger partial charge in [-0.15, -0.1) is 0 Å². The Morgan fingerprint density at radius 3 is 2.68 bits per heavy atom. The number of hydrogen-bond donors (Lipinski definition) is 0. The van der Waals surface area contributed by atoms with Crippen LogP contribution in [0.2, 0.25) is 25.7 Å². The smallest absolute Gasteiger partial charge is 0.276 e. The van der Waals surface area contributed by atoms with Crippen LogP contribution in [0.4, 0.5) is 0 Å². The second-order valence-corrected chi connectivity index (χ2v) is 12.5. The summed E-state index contributed by atoms with van der Waals surface area (Å²) in [5, 5.41) is 5.74. The third-order valence-corrected chi connectivity index (χ3v) is 5.27. The molecule has 0 aliphatic heterocycles. The van der Waals surface area contributed by atoms with Crippen molar-refractivity contribution in [2.45, 2.75) is 39.3 Å². The number of benzene rings is 1. The summed E-state index contributed by atoms with van der Waals surface area (Å²) in [7, 11) is -1.12. The summed E-state index contributed by atoms with van der Waals surface area (Å²) >= 11 is 0. The summed E-state index contributed by atoms with van der Waals surface area (Å²) in [6, 6.07) is 6.74. The van der Waals surface area contributed by atoms with Crippen molar-refractivity contribution in [3.05, 3.63) is 46.9 Å². The molecule has 0 aliphatic carbocycles. The third kappa shape index (κ3) is 3.93. The summed E-state index contributed by atoms with van der Waals surface area (Å²) in [5.41, 5.74) is 1.78. The molecular weight excluding hydrogens is 292 g/mol. The van der Waals surface area contributed by atoms with Crippen LogP contribution in [0.5, 0.6) is 0 Å². The Morgan fingerprint density at radius 2 is 2.05 bits per heavy atom. The van der Waals surface area contributed by atoms with Crippen LogP contribution in [-0.4, -0.2) is 24.5 Å². The van der Waals surface area contributed by atoms with E-state index in [1.165, 1.54) is 4.68 Å². The fourth-order valence-electron chi connectivity index (χ4n) is 2.20. The minimum Gasteiger partial charge on any atom is -0.359 e. The van der Waals surface area contributed by atoms with Crippen LogP contribution >= 0.6 is 0 Å². The molecule has 4 nitrogen and oxygen atoms in total. The molecule has 22 heavy (non-hydrogen) atoms. The Morgan fingerprint density at radius 1 is 1.32 bits per heavy atom. The van der Waals surface area contributed by atoms with Crippen LogP contribution in [-0.2, 0) is 11.5 Å². The van der Waals surface area contributed by atoms with Gasteiger partial charge in [0.05, 0.1) is 11.6 Å². The minimum atomic E-state index is -1.12. The first-order chi connectivity index (χ1) is 10.3. The van der Waals surface area contributed by atoms with Gasteiger partial charge in [-0.1, -0.05) is 43.9 Å². The lowest BCUT2D eigenvalue weighted by molar-refractivity contribution is 0.0754. The van der Waals surface area contributed by atoms with E-state index in [9.17, 15) is 4.79 Å². The second kappa shape index (κ2) is 6.58. The molecule has 0 N–H and O–H groups in total. The molecule has 5 heteroatoms. The van der Waals surface area contributed by atoms with Gasteiger partial charge in [0.1, 0.15) is 6.73 Å². The summed E-state index contributed by atoms with van der Waals surface area (Å²) in [5.74, 6) is 0. The zero-order chi connectivity index (χ0) is 16.3. The number of aromatic nitrogens is 2. The van der Waals surface area contributed by atoms with Crippen LogP contribution in [0.15, 0.2) is 35.8 Å². The Bertz CT molecular complexity index is 744. The molecule has 0 amide bonds. The molecular formula is C17H24N2O2Si. The Labute approximate surface area is 132 Å². The number of rotatable bonds is 6. The van der Waals surface area contributed by atoms with E-state index in [4.69, 9.17) is 4.74 Å². The monoisotopic (exact) mass is 316 g/mol. The van der Waals surface area contributed by atoms with Gasteiger partial charge < -0.3 is 4.74 Å². The van der Waals surface area contributed by atoms with E-state index in [0.29, 0.717) is 12.0 Å². The average molecular weight is 316 g/mol. The van der Waals surface area contributed by atoms with Crippen LogP contribution in [0.1, 0.15) is 12.5 Å². The van der Waals surface area contributed by atoms with E-state index in [2.05, 4.69) is 31.3 Å². The maximum atomic E-state index is 12.5. The summed E-state index contributed by atoms with van der Waals surface area (Å²) < 4.78 is 7.00. The van der Waals surface area contributed by atoms with E-state index >= 15 is 0 Å². The largest absolute Gasteiger partial charge is 0.359 e. The Balaban J connectivity index is 2.21. The van der Waals surface area contributed by atoms with Crippen molar-refractivity contribution in [3.8, 4) is 0 Å². The molecule has 1 heterocycles. The number of nitrogens with zero attached hydrogens (tertiary/aromatic N) is 2. The maximum Gasteiger partial charge on any atom is 0.276 e. The summed E-state index contributed by atoms with van der Waals surface area (Å²) in [4.78, 5) is 12.5. The highest BCUT2D eigenvalue weighted by Crippen LogP contribution is 2.20. The van der Waals surface area contributed by atoms with Crippen molar-refractivity contribution in [3.63, 3.8) is 0 Å². The number of hydrogen-bond acceptors (Lipinski definition) is 3. The van der Waals surface area contributed by atoms with Crippen molar-refractivity contribution in [1.82, 2.24) is 9.78 Å². The van der Waals surface area contributed by atoms with E-state index in [-0.39, 0.29) is 12.3 Å². The molecule has 2 rings (SSSR count). The molecule has 1 aromatic heterocycles. The molecule has 1 aromatic carbocycles. The van der Waals surface area contributed by atoms with Gasteiger partial charge >= 0.3 is 0 Å². The molecule has 0 unspecified atom stereocenters. The first-order valence-electron chi connectivity index (χ1n) is 7.52. The zero-order valence-corrected chi connectivity index (χ0v) is 14.8. The van der Waals surface area contributed by atoms with Gasteiger partial charge in [-0.3, -0.25) is 4.79 Å². The van der Waals surface area contributed by atoms with Crippen LogP contribution in [0.3, 0.4) is 0 Å². The average Bonchev–Trinajstić information content (AvgIpc) is 2.44. The first kappa shape index (κ1) is 16.6. The number of allylic oxidation sites excluding steroid dienone is 1. The molecule has 0 aliphatic rings. The van der Waals surface area contributed by atoms with E-state index < -0.39 is 8.07 Å². The fraction of sp³-hybridized carbons (Fsp3) is 0.412. The van der Waals surface area contributed by atoms with Crippen molar-refractivity contribution in [2.75, 3.05) is 6.61 Å². The van der Waals surface area contributed by atoms with Crippen molar-refractivity contribution in [2.24, 2.45) is 0 Å². The van der Waals surface area contributed by atoms with Gasteiger partial charge in [-0.25, -0.2) is 4.68 Å². The molecule has 0 spiro atoms. The lowest BCUT2D eigenvalue weighted by Gasteiger charge is -2.15. The highest BCUT2D eigenvalue weighted by Gasteiger charge is 2.12. The van der Waals surface area contributed by atoms with Crippen LogP contribution in [0.25, 0.3) is 16.3 Å². The Kier molecular flexibility index (Phi) is 4.98. The van der Waals surface area contributed by atoms with E-state index in [1.807, 2.05) is 25.1 Å². The number of fused-ring (bicyclic) bond motifs is 1. The van der Waals surface area contributed by atoms with E-state index in [0.717, 1.165) is 22.6 Å². The van der Waals surface area contributed by atoms with Gasteiger partial charge in [0.2, 0.25) is 0 Å². The molecule has 118 valence electrons. The predicted molar refractivity (Wildman–Crippen MR) is 94.8 cm³/mol. The maximum absolute atomic E-state index is 12.5. The van der Waals surface area contributed by atoms with Crippen LogP contribution < -0.4 is 5.56 Å². The van der Waals surface area contributed by atoms with Crippen molar-refractivity contribution in [1.29, 1.82) is 0 Å². The van der Waals surface area contributed by atoms with Crippen molar-refractivity contribution < 1.29 is 4.74 Å². The molecule has 0 atom stereocenters. The predicted octanol–water partition coefficient (Wildman–Crippen LogP) is 3.74. The minimum absolute atomic E-state index is 0.117. The zero-order valence-electron chi connectivity index (χ0n) is 13.8. The lowest BCUT2D eigenvalue weighted by atomic mass is 10.0. The molecule has 2 aromatic rings. The topological polar surface area (TPSA) is 44.1 Å². The van der Waals surface area contributed by atoms with Crippen molar-refractivity contribution >= 4 is 24.4 Å². The third-order valence-electron chi connectivity index (χ3n) is 3.57. The van der Waals surface area contributed by atoms with Gasteiger partial charge in [-0.2, -0.15) is 5.10 Å². The quantitative estimate of drug-likeness (QED) is 0.602. The Hall–Kier alpha value is -1.72. The van der Waals surface area contributed by atoms with E-state index in [1.54, 1.807) is 6.20 Å².